The van der Waals surface area contributed by atoms with E-state index in [9.17, 15) is 45.6 Å². The van der Waals surface area contributed by atoms with E-state index in [1.165, 1.54) is 270 Å². The van der Waals surface area contributed by atoms with E-state index in [4.69, 9.17) is 18.9 Å². The van der Waals surface area contributed by atoms with Crippen LogP contribution in [0.5, 0.6) is 0 Å². The summed E-state index contributed by atoms with van der Waals surface area (Å²) in [4.78, 5) is 13.4. The van der Waals surface area contributed by atoms with Crippen LogP contribution in [0.4, 0.5) is 0 Å². The number of aliphatic hydroxyl groups excluding tert-OH is 8. The molecule has 0 bridgehead atoms. The highest BCUT2D eigenvalue weighted by Crippen LogP contribution is 2.30. The monoisotopic (exact) mass is 1270 g/mol. The second-order valence-electron chi connectivity index (χ2n) is 27.1. The molecule has 0 aromatic heterocycles. The van der Waals surface area contributed by atoms with Crippen molar-refractivity contribution in [1.29, 1.82) is 0 Å². The van der Waals surface area contributed by atoms with E-state index in [1.807, 2.05) is 0 Å². The van der Waals surface area contributed by atoms with Crippen molar-refractivity contribution in [2.75, 3.05) is 19.8 Å². The van der Waals surface area contributed by atoms with E-state index in [1.54, 1.807) is 0 Å². The molecule has 2 rings (SSSR count). The van der Waals surface area contributed by atoms with E-state index in [0.29, 0.717) is 12.8 Å². The SMILES string of the molecule is CCCCCCC/C=C\C/C=C\CCCCCCCCCCCCCCCCCCCC(=O)NC(COC1OC(CO)C(OC2OC(CO)C(O)C(O)C2O)C(O)C1O)C(O)CCCCCCCCCCCCCCCCCCCCCCCCCCCC. The Morgan fingerprint density at radius 1 is 0.404 bits per heavy atom. The fourth-order valence-electron chi connectivity index (χ4n) is 12.9. The number of carbonyl (C=O) groups excluding carboxylic acids is 1. The molecule has 12 atom stereocenters. The van der Waals surface area contributed by atoms with Crippen molar-refractivity contribution < 1.29 is 64.6 Å². The van der Waals surface area contributed by atoms with Crippen molar-refractivity contribution in [3.05, 3.63) is 24.3 Å². The fraction of sp³-hybridized carbons (Fsp3) is 0.933. The van der Waals surface area contributed by atoms with Gasteiger partial charge in [-0.1, -0.05) is 327 Å². The van der Waals surface area contributed by atoms with Crippen molar-refractivity contribution >= 4 is 5.91 Å². The number of allylic oxidation sites excluding steroid dienone is 4. The Bertz CT molecular complexity index is 1590. The minimum absolute atomic E-state index is 0.199. The summed E-state index contributed by atoms with van der Waals surface area (Å²) in [5.74, 6) is -0.199. The van der Waals surface area contributed by atoms with Crippen molar-refractivity contribution in [3.8, 4) is 0 Å². The maximum Gasteiger partial charge on any atom is 0.220 e. The molecule has 9 N–H and O–H groups in total. The number of unbranched alkanes of at least 4 members (excludes halogenated alkanes) is 47. The van der Waals surface area contributed by atoms with Gasteiger partial charge in [-0.2, -0.15) is 0 Å². The minimum atomic E-state index is -1.78. The van der Waals surface area contributed by atoms with Gasteiger partial charge in [0.1, 0.15) is 48.8 Å². The third kappa shape index (κ3) is 44.0. The van der Waals surface area contributed by atoms with Gasteiger partial charge >= 0.3 is 0 Å². The molecule has 0 saturated carbocycles. The highest BCUT2D eigenvalue weighted by molar-refractivity contribution is 5.76. The number of aliphatic hydroxyl groups is 8. The zero-order valence-corrected chi connectivity index (χ0v) is 57.5. The minimum Gasteiger partial charge on any atom is -0.394 e. The lowest BCUT2D eigenvalue weighted by molar-refractivity contribution is -0.359. The lowest BCUT2D eigenvalue weighted by Gasteiger charge is -2.46. The van der Waals surface area contributed by atoms with Crippen molar-refractivity contribution in [1.82, 2.24) is 5.32 Å². The molecule has 0 aromatic rings. The van der Waals surface area contributed by atoms with E-state index >= 15 is 0 Å². The van der Waals surface area contributed by atoms with Gasteiger partial charge in [-0.3, -0.25) is 4.79 Å². The molecule has 526 valence electrons. The number of hydrogen-bond acceptors (Lipinski definition) is 13. The Labute approximate surface area is 545 Å². The Morgan fingerprint density at radius 3 is 1.12 bits per heavy atom. The summed E-state index contributed by atoms with van der Waals surface area (Å²) in [5.41, 5.74) is 0. The summed E-state index contributed by atoms with van der Waals surface area (Å²) in [5, 5.41) is 87.8. The molecule has 2 fully saturated rings. The Morgan fingerprint density at radius 2 is 0.742 bits per heavy atom. The van der Waals surface area contributed by atoms with Crippen LogP contribution < -0.4 is 5.32 Å². The van der Waals surface area contributed by atoms with E-state index < -0.39 is 86.8 Å². The molecule has 14 heteroatoms. The first-order valence-corrected chi connectivity index (χ1v) is 38.1. The second-order valence-corrected chi connectivity index (χ2v) is 27.1. The highest BCUT2D eigenvalue weighted by atomic mass is 16.7. The standard InChI is InChI=1S/C75H143NO13/c1-3-5-7-9-11-13-15-17-19-21-23-25-27-29-31-32-33-35-37-39-41-43-45-47-49-51-53-55-57-59-67(80)76-63(62-86-74-72(85)70(83)73(66(61-78)88-74)89-75-71(84)69(82)68(81)65(60-77)87-75)64(79)58-56-54-52-50-48-46-44-42-40-38-36-34-30-28-26-24-22-20-18-16-14-12-10-8-6-4-2/h15,17,21,23,63-66,68-75,77-79,81-85H,3-14,16,18-20,22,24-62H2,1-2H3,(H,76,80)/b17-15-,23-21-. The Hall–Kier alpha value is -1.53. The van der Waals surface area contributed by atoms with E-state index in [0.717, 1.165) is 57.8 Å². The fourth-order valence-corrected chi connectivity index (χ4v) is 12.9. The summed E-state index contributed by atoms with van der Waals surface area (Å²) >= 11 is 0. The van der Waals surface area contributed by atoms with E-state index in [2.05, 4.69) is 43.5 Å². The maximum absolute atomic E-state index is 13.4. The number of carbonyl (C=O) groups is 1. The number of hydrogen-bond donors (Lipinski definition) is 9. The van der Waals surface area contributed by atoms with Gasteiger partial charge in [-0.05, 0) is 44.9 Å². The molecule has 12 unspecified atom stereocenters. The average molecular weight is 1270 g/mol. The first kappa shape index (κ1) is 83.6. The second kappa shape index (κ2) is 60.2. The molecule has 2 aliphatic rings. The largest absolute Gasteiger partial charge is 0.394 e. The summed E-state index contributed by atoms with van der Waals surface area (Å²) in [6, 6.07) is -0.828. The van der Waals surface area contributed by atoms with Crippen molar-refractivity contribution in [2.45, 2.75) is 428 Å². The quantitative estimate of drug-likeness (QED) is 0.0204. The van der Waals surface area contributed by atoms with Crippen LogP contribution in [0.2, 0.25) is 0 Å². The third-order valence-electron chi connectivity index (χ3n) is 18.9. The number of ether oxygens (including phenoxy) is 4. The van der Waals surface area contributed by atoms with Crippen LogP contribution in [-0.2, 0) is 23.7 Å². The molecule has 0 radical (unpaired) electrons. The van der Waals surface area contributed by atoms with Crippen LogP contribution in [0.25, 0.3) is 0 Å². The molecule has 1 amide bonds. The van der Waals surface area contributed by atoms with Crippen LogP contribution in [0, 0.1) is 0 Å². The summed E-state index contributed by atoms with van der Waals surface area (Å²) in [7, 11) is 0. The van der Waals surface area contributed by atoms with Crippen LogP contribution in [-0.4, -0.2) is 140 Å². The summed E-state index contributed by atoms with van der Waals surface area (Å²) in [6.07, 6.45) is 59.2. The van der Waals surface area contributed by atoms with Gasteiger partial charge < -0.3 is 65.1 Å². The van der Waals surface area contributed by atoms with Crippen molar-refractivity contribution in [2.24, 2.45) is 0 Å². The summed E-state index contributed by atoms with van der Waals surface area (Å²) in [6.45, 7) is 2.92. The van der Waals surface area contributed by atoms with Crippen LogP contribution >= 0.6 is 0 Å². The van der Waals surface area contributed by atoms with Crippen LogP contribution in [0.15, 0.2) is 24.3 Å². The molecule has 2 aliphatic heterocycles. The zero-order chi connectivity index (χ0) is 64.5. The molecule has 2 saturated heterocycles. The van der Waals surface area contributed by atoms with Gasteiger partial charge in [0.05, 0.1) is 32.0 Å². The van der Waals surface area contributed by atoms with Crippen molar-refractivity contribution in [3.63, 3.8) is 0 Å². The maximum atomic E-state index is 13.4. The predicted molar refractivity (Wildman–Crippen MR) is 365 cm³/mol. The van der Waals surface area contributed by atoms with Gasteiger partial charge in [-0.25, -0.2) is 0 Å². The van der Waals surface area contributed by atoms with E-state index in [-0.39, 0.29) is 12.5 Å². The lowest BCUT2D eigenvalue weighted by atomic mass is 9.97. The molecule has 0 aliphatic carbocycles. The first-order valence-electron chi connectivity index (χ1n) is 38.1. The lowest BCUT2D eigenvalue weighted by Crippen LogP contribution is -2.65. The van der Waals surface area contributed by atoms with Gasteiger partial charge in [0.25, 0.3) is 0 Å². The third-order valence-corrected chi connectivity index (χ3v) is 18.9. The molecule has 14 nitrogen and oxygen atoms in total. The molecule has 2 heterocycles. The Kier molecular flexibility index (Phi) is 56.5. The topological polar surface area (TPSA) is 228 Å². The van der Waals surface area contributed by atoms with Gasteiger partial charge in [-0.15, -0.1) is 0 Å². The predicted octanol–water partition coefficient (Wildman–Crippen LogP) is 16.3. The van der Waals surface area contributed by atoms with Gasteiger partial charge in [0.15, 0.2) is 12.6 Å². The number of rotatable bonds is 64. The molecule has 0 spiro atoms. The molecular weight excluding hydrogens is 1120 g/mol. The van der Waals surface area contributed by atoms with Gasteiger partial charge in [0.2, 0.25) is 5.91 Å². The molecular formula is C75H143NO13. The smallest absolute Gasteiger partial charge is 0.220 e. The average Bonchev–Trinajstić information content (AvgIpc) is 2.51. The normalized spacial score (nSPS) is 23.1. The Balaban J connectivity index is 1.63. The van der Waals surface area contributed by atoms with Gasteiger partial charge in [0, 0.05) is 6.42 Å². The highest BCUT2D eigenvalue weighted by Gasteiger charge is 2.51. The first-order chi connectivity index (χ1) is 43.6. The van der Waals surface area contributed by atoms with Crippen LogP contribution in [0.3, 0.4) is 0 Å². The number of nitrogens with one attached hydrogen (secondary N) is 1. The van der Waals surface area contributed by atoms with Crippen LogP contribution in [0.1, 0.15) is 354 Å². The molecule has 89 heavy (non-hydrogen) atoms. The zero-order valence-electron chi connectivity index (χ0n) is 57.5. The number of amides is 1. The molecule has 0 aromatic carbocycles. The summed E-state index contributed by atoms with van der Waals surface area (Å²) < 4.78 is 23.0.